The average molecular weight is 637 g/mol. The third-order valence-corrected chi connectivity index (χ3v) is 10.5. The van der Waals surface area contributed by atoms with Crippen LogP contribution in [-0.2, 0) is 0 Å². The summed E-state index contributed by atoms with van der Waals surface area (Å²) in [5, 5.41) is 4.94. The highest BCUT2D eigenvalue weighted by Crippen LogP contribution is 2.47. The van der Waals surface area contributed by atoms with Crippen LogP contribution in [0.3, 0.4) is 0 Å². The summed E-state index contributed by atoms with van der Waals surface area (Å²) in [6.45, 7) is 0.718. The lowest BCUT2D eigenvalue weighted by Gasteiger charge is -2.22. The molecule has 0 fully saturated rings. The summed E-state index contributed by atoms with van der Waals surface area (Å²) in [6.07, 6.45) is 1.86. The van der Waals surface area contributed by atoms with Crippen molar-refractivity contribution in [2.24, 2.45) is 0 Å². The van der Waals surface area contributed by atoms with Crippen molar-refractivity contribution < 1.29 is 4.74 Å². The number of thiophene rings is 1. The van der Waals surface area contributed by atoms with Gasteiger partial charge in [-0.2, -0.15) is 0 Å². The largest absolute Gasteiger partial charge is 0.457 e. The number of hydrogen-bond donors (Lipinski definition) is 0. The molecular weight excluding hydrogens is 609 g/mol. The van der Waals surface area contributed by atoms with Crippen LogP contribution in [0.5, 0.6) is 11.5 Å². The quantitative estimate of drug-likeness (QED) is 0.188. The second-order valence-corrected chi connectivity index (χ2v) is 13.1. The van der Waals surface area contributed by atoms with Crippen LogP contribution >= 0.6 is 11.3 Å². The van der Waals surface area contributed by atoms with Crippen molar-refractivity contribution in [3.8, 4) is 17.3 Å². The number of rotatable bonds is 5. The van der Waals surface area contributed by atoms with Crippen LogP contribution in [0, 0.1) is 0 Å². The van der Waals surface area contributed by atoms with E-state index >= 15 is 0 Å². The maximum atomic E-state index is 6.64. The van der Waals surface area contributed by atoms with Gasteiger partial charge in [0.2, 0.25) is 0 Å². The van der Waals surface area contributed by atoms with Crippen LogP contribution in [0.25, 0.3) is 47.8 Å². The maximum Gasteiger partial charge on any atom is 0.137 e. The van der Waals surface area contributed by atoms with E-state index in [1.165, 1.54) is 53.5 Å². The topological polar surface area (TPSA) is 33.5 Å². The third kappa shape index (κ3) is 4.20. The second kappa shape index (κ2) is 10.7. The van der Waals surface area contributed by atoms with Gasteiger partial charge in [-0.3, -0.25) is 4.57 Å². The Labute approximate surface area is 281 Å². The number of aromatic nitrogens is 2. The first kappa shape index (κ1) is 27.0. The molecule has 0 atom stereocenters. The Morgan fingerprint density at radius 3 is 2.19 bits per heavy atom. The van der Waals surface area contributed by atoms with Crippen LogP contribution in [0.1, 0.15) is 0 Å². The van der Waals surface area contributed by atoms with Crippen molar-refractivity contribution in [1.29, 1.82) is 0 Å². The molecule has 0 spiro atoms. The summed E-state index contributed by atoms with van der Waals surface area (Å²) in [7, 11) is 0. The molecule has 0 saturated heterocycles. The molecule has 0 aliphatic carbocycles. The number of pyridine rings is 1. The molecule has 228 valence electrons. The van der Waals surface area contributed by atoms with E-state index in [-0.39, 0.29) is 0 Å². The Morgan fingerprint density at radius 1 is 0.583 bits per heavy atom. The van der Waals surface area contributed by atoms with Crippen LogP contribution in [-0.4, -0.2) is 16.2 Å². The Kier molecular flexibility index (Phi) is 6.04. The van der Waals surface area contributed by atoms with E-state index in [9.17, 15) is 0 Å². The average Bonchev–Trinajstić information content (AvgIpc) is 3.81. The highest BCUT2D eigenvalue weighted by atomic mass is 32.1. The molecule has 0 bridgehead atoms. The molecule has 6 aromatic carbocycles. The van der Waals surface area contributed by atoms with Gasteiger partial charge in [0.05, 0.1) is 27.1 Å². The van der Waals surface area contributed by atoms with Crippen molar-refractivity contribution in [2.75, 3.05) is 16.5 Å². The molecule has 5 nitrogen and oxygen atoms in total. The summed E-state index contributed by atoms with van der Waals surface area (Å²) in [4.78, 5) is 9.51. The van der Waals surface area contributed by atoms with Crippen LogP contribution in [0.15, 0.2) is 158 Å². The molecule has 4 heterocycles. The zero-order valence-corrected chi connectivity index (χ0v) is 26.6. The van der Waals surface area contributed by atoms with E-state index in [1.807, 2.05) is 35.7 Å². The smallest absolute Gasteiger partial charge is 0.137 e. The van der Waals surface area contributed by atoms with E-state index < -0.39 is 0 Å². The molecule has 0 amide bonds. The number of anilines is 4. The summed E-state index contributed by atoms with van der Waals surface area (Å²) >= 11 is 1.84. The highest BCUT2D eigenvalue weighted by molar-refractivity contribution is 7.27. The Bertz CT molecular complexity index is 2650. The van der Waals surface area contributed by atoms with Gasteiger partial charge in [0.1, 0.15) is 24.0 Å². The number of fused-ring (bicyclic) bond motifs is 8. The zero-order chi connectivity index (χ0) is 31.6. The molecule has 6 heteroatoms. The molecule has 0 radical (unpaired) electrons. The highest BCUT2D eigenvalue weighted by Gasteiger charge is 2.28. The summed E-state index contributed by atoms with van der Waals surface area (Å²) in [5.41, 5.74) is 6.88. The molecule has 48 heavy (non-hydrogen) atoms. The first-order valence-corrected chi connectivity index (χ1v) is 16.9. The number of nitrogens with zero attached hydrogens (tertiary/aromatic N) is 4. The van der Waals surface area contributed by atoms with Crippen molar-refractivity contribution in [3.63, 3.8) is 0 Å². The Hall–Kier alpha value is -6.11. The van der Waals surface area contributed by atoms with Crippen molar-refractivity contribution >= 4 is 76.1 Å². The maximum absolute atomic E-state index is 6.64. The number of benzene rings is 6. The zero-order valence-electron chi connectivity index (χ0n) is 25.8. The van der Waals surface area contributed by atoms with Gasteiger partial charge in [0.15, 0.2) is 0 Å². The summed E-state index contributed by atoms with van der Waals surface area (Å²) in [5.74, 6) is 2.46. The molecule has 1 aliphatic heterocycles. The fourth-order valence-electron chi connectivity index (χ4n) is 7.16. The lowest BCUT2D eigenvalue weighted by molar-refractivity contribution is 0.483. The van der Waals surface area contributed by atoms with E-state index in [2.05, 4.69) is 148 Å². The minimum Gasteiger partial charge on any atom is -0.457 e. The fraction of sp³-hybridized carbons (Fsp3) is 0.0238. The predicted octanol–water partition coefficient (Wildman–Crippen LogP) is 11.6. The van der Waals surface area contributed by atoms with E-state index in [0.29, 0.717) is 0 Å². The molecular formula is C42H28N4OS. The van der Waals surface area contributed by atoms with Gasteiger partial charge in [-0.25, -0.2) is 4.98 Å². The first-order chi connectivity index (χ1) is 23.8. The number of para-hydroxylation sites is 3. The van der Waals surface area contributed by atoms with Crippen LogP contribution in [0.2, 0.25) is 0 Å². The van der Waals surface area contributed by atoms with Gasteiger partial charge < -0.3 is 14.5 Å². The SMILES string of the molecule is c1ccc(N2CN(c3cccc(Oc4ccc5c6sc7ccc8ccccc8c7c6n(-c6ccccn6)c5c4)c3)c3ccccc32)cc1. The minimum absolute atomic E-state index is 0.718. The third-order valence-electron chi connectivity index (χ3n) is 9.29. The second-order valence-electron chi connectivity index (χ2n) is 12.1. The Balaban J connectivity index is 1.08. The van der Waals surface area contributed by atoms with E-state index in [0.717, 1.165) is 35.2 Å². The van der Waals surface area contributed by atoms with Gasteiger partial charge >= 0.3 is 0 Å². The van der Waals surface area contributed by atoms with Gasteiger partial charge in [-0.15, -0.1) is 11.3 Å². The van der Waals surface area contributed by atoms with Crippen LogP contribution in [0.4, 0.5) is 22.7 Å². The van der Waals surface area contributed by atoms with Gasteiger partial charge in [-0.05, 0) is 77.5 Å². The molecule has 9 aromatic rings. The van der Waals surface area contributed by atoms with E-state index in [1.54, 1.807) is 0 Å². The first-order valence-electron chi connectivity index (χ1n) is 16.1. The lowest BCUT2D eigenvalue weighted by Crippen LogP contribution is -2.23. The van der Waals surface area contributed by atoms with Gasteiger partial charge in [0, 0.05) is 45.2 Å². The molecule has 0 N–H and O–H groups in total. The standard InChI is InChI=1S/C42H28N4OS/c1-2-12-29(13-3-1)44-27-45(36-18-7-6-17-35(36)44)30-14-10-15-31(25-30)47-32-21-22-34-37(26-32)46(39-19-8-9-24-43-39)41-40-33-16-5-4-11-28(33)20-23-38(40)48-42(34)41/h1-26H,27H2. The summed E-state index contributed by atoms with van der Waals surface area (Å²) in [6, 6.07) is 53.1. The fourth-order valence-corrected chi connectivity index (χ4v) is 8.40. The van der Waals surface area contributed by atoms with Gasteiger partial charge in [0.25, 0.3) is 0 Å². The monoisotopic (exact) mass is 636 g/mol. The molecule has 3 aromatic heterocycles. The number of ether oxygens (including phenoxy) is 1. The molecule has 1 aliphatic rings. The van der Waals surface area contributed by atoms with E-state index in [4.69, 9.17) is 9.72 Å². The normalized spacial score (nSPS) is 12.8. The van der Waals surface area contributed by atoms with Gasteiger partial charge in [-0.1, -0.05) is 72.8 Å². The lowest BCUT2D eigenvalue weighted by atomic mass is 10.1. The predicted molar refractivity (Wildman–Crippen MR) is 200 cm³/mol. The van der Waals surface area contributed by atoms with Crippen molar-refractivity contribution in [2.45, 2.75) is 0 Å². The Morgan fingerprint density at radius 2 is 1.33 bits per heavy atom. The molecule has 0 saturated carbocycles. The number of hydrogen-bond acceptors (Lipinski definition) is 5. The molecule has 0 unspecified atom stereocenters. The summed E-state index contributed by atoms with van der Waals surface area (Å²) < 4.78 is 11.5. The van der Waals surface area contributed by atoms with Crippen LogP contribution < -0.4 is 14.5 Å². The molecule has 10 rings (SSSR count). The minimum atomic E-state index is 0.718. The van der Waals surface area contributed by atoms with Crippen molar-refractivity contribution in [1.82, 2.24) is 9.55 Å². The van der Waals surface area contributed by atoms with Crippen molar-refractivity contribution in [3.05, 3.63) is 158 Å².